The standard InChI is InChI=1S/C48H40N2/c1-37-35-41(31-33-47(37)49(43-15-7-3-8-16-43)44-17-9-4-10-18-44)29-27-39-23-25-40(26-24-39)28-30-42-32-34-48(38(2)36-42)50(45-19-11-5-12-20-45)46-21-13-6-14-22-46/h3-36H,1-2H3/b29-27+,30-28+. The van der Waals surface area contributed by atoms with Gasteiger partial charge in [0.1, 0.15) is 0 Å². The van der Waals surface area contributed by atoms with Gasteiger partial charge in [-0.05, 0) is 120 Å². The summed E-state index contributed by atoms with van der Waals surface area (Å²) in [4.78, 5) is 4.63. The number of hydrogen-bond donors (Lipinski definition) is 0. The van der Waals surface area contributed by atoms with Crippen LogP contribution in [0.25, 0.3) is 24.3 Å². The van der Waals surface area contributed by atoms with E-state index in [-0.39, 0.29) is 0 Å². The maximum Gasteiger partial charge on any atom is 0.0491 e. The Morgan fingerprint density at radius 2 is 0.560 bits per heavy atom. The second kappa shape index (κ2) is 15.2. The van der Waals surface area contributed by atoms with Crippen LogP contribution in [0.5, 0.6) is 0 Å². The minimum absolute atomic E-state index is 1.14. The molecule has 2 heteroatoms. The lowest BCUT2D eigenvalue weighted by molar-refractivity contribution is 1.25. The van der Waals surface area contributed by atoms with Crippen LogP contribution in [0.1, 0.15) is 33.4 Å². The Labute approximate surface area is 296 Å². The number of anilines is 6. The number of hydrogen-bond acceptors (Lipinski definition) is 2. The number of para-hydroxylation sites is 4. The van der Waals surface area contributed by atoms with E-state index in [0.717, 1.165) is 22.7 Å². The summed E-state index contributed by atoms with van der Waals surface area (Å²) in [6.45, 7) is 4.37. The molecule has 2 nitrogen and oxygen atoms in total. The minimum atomic E-state index is 1.14. The summed E-state index contributed by atoms with van der Waals surface area (Å²) in [5, 5.41) is 0. The maximum absolute atomic E-state index is 2.31. The van der Waals surface area contributed by atoms with Crippen LogP contribution in [0, 0.1) is 13.8 Å². The Bertz CT molecular complexity index is 1960. The van der Waals surface area contributed by atoms with Gasteiger partial charge in [0.2, 0.25) is 0 Å². The molecule has 7 aromatic carbocycles. The molecule has 0 bridgehead atoms. The van der Waals surface area contributed by atoms with Crippen LogP contribution >= 0.6 is 0 Å². The number of nitrogens with zero attached hydrogens (tertiary/aromatic N) is 2. The predicted molar refractivity (Wildman–Crippen MR) is 216 cm³/mol. The molecule has 0 N–H and O–H groups in total. The largest absolute Gasteiger partial charge is 0.310 e. The van der Waals surface area contributed by atoms with Gasteiger partial charge >= 0.3 is 0 Å². The van der Waals surface area contributed by atoms with Crippen molar-refractivity contribution in [2.75, 3.05) is 9.80 Å². The van der Waals surface area contributed by atoms with Crippen LogP contribution < -0.4 is 9.80 Å². The van der Waals surface area contributed by atoms with Crippen molar-refractivity contribution in [3.63, 3.8) is 0 Å². The van der Waals surface area contributed by atoms with Crippen molar-refractivity contribution in [3.05, 3.63) is 215 Å². The predicted octanol–water partition coefficient (Wildman–Crippen LogP) is 13.6. The van der Waals surface area contributed by atoms with Gasteiger partial charge in [-0.3, -0.25) is 0 Å². The van der Waals surface area contributed by atoms with E-state index in [1.165, 1.54) is 44.8 Å². The van der Waals surface area contributed by atoms with Gasteiger partial charge in [0.15, 0.2) is 0 Å². The van der Waals surface area contributed by atoms with Crippen LogP contribution in [-0.2, 0) is 0 Å². The van der Waals surface area contributed by atoms with Gasteiger partial charge in [-0.25, -0.2) is 0 Å². The Morgan fingerprint density at radius 1 is 0.300 bits per heavy atom. The molecule has 0 fully saturated rings. The van der Waals surface area contributed by atoms with E-state index in [0.29, 0.717) is 0 Å². The van der Waals surface area contributed by atoms with E-state index in [1.54, 1.807) is 0 Å². The average Bonchev–Trinajstić information content (AvgIpc) is 3.17. The first-order valence-electron chi connectivity index (χ1n) is 17.1. The molecule has 0 spiro atoms. The van der Waals surface area contributed by atoms with Crippen LogP contribution in [0.15, 0.2) is 182 Å². The van der Waals surface area contributed by atoms with Crippen LogP contribution in [0.3, 0.4) is 0 Å². The van der Waals surface area contributed by atoms with Crippen molar-refractivity contribution in [2.24, 2.45) is 0 Å². The molecule has 242 valence electrons. The SMILES string of the molecule is Cc1cc(/C=C/c2ccc(/C=C/c3ccc(N(c4ccccc4)c4ccccc4)c(C)c3)cc2)ccc1N(c1ccccc1)c1ccccc1. The lowest BCUT2D eigenvalue weighted by atomic mass is 10.0. The summed E-state index contributed by atoms with van der Waals surface area (Å²) in [6, 6.07) is 64.2. The Balaban J connectivity index is 1.05. The Morgan fingerprint density at radius 3 is 0.840 bits per heavy atom. The monoisotopic (exact) mass is 644 g/mol. The Kier molecular flexibility index (Phi) is 9.80. The number of benzene rings is 7. The van der Waals surface area contributed by atoms with Crippen LogP contribution in [0.4, 0.5) is 34.1 Å². The molecule has 0 amide bonds. The van der Waals surface area contributed by atoms with Gasteiger partial charge in [0.05, 0.1) is 0 Å². The zero-order valence-electron chi connectivity index (χ0n) is 28.5. The molecular weight excluding hydrogens is 605 g/mol. The first kappa shape index (κ1) is 32.2. The molecule has 0 atom stereocenters. The molecule has 0 unspecified atom stereocenters. The molecule has 0 aromatic heterocycles. The highest BCUT2D eigenvalue weighted by molar-refractivity contribution is 5.82. The van der Waals surface area contributed by atoms with Crippen molar-refractivity contribution in [1.29, 1.82) is 0 Å². The smallest absolute Gasteiger partial charge is 0.0491 e. The van der Waals surface area contributed by atoms with E-state index >= 15 is 0 Å². The van der Waals surface area contributed by atoms with Gasteiger partial charge < -0.3 is 9.80 Å². The fourth-order valence-electron chi connectivity index (χ4n) is 6.33. The van der Waals surface area contributed by atoms with Gasteiger partial charge in [-0.15, -0.1) is 0 Å². The molecule has 0 aliphatic heterocycles. The molecular formula is C48H40N2. The van der Waals surface area contributed by atoms with Crippen LogP contribution in [0.2, 0.25) is 0 Å². The van der Waals surface area contributed by atoms with Crippen molar-refractivity contribution >= 4 is 58.4 Å². The molecule has 7 rings (SSSR count). The third-order valence-corrected chi connectivity index (χ3v) is 8.85. The average molecular weight is 645 g/mol. The van der Waals surface area contributed by atoms with E-state index < -0.39 is 0 Å². The maximum atomic E-state index is 2.31. The van der Waals surface area contributed by atoms with Crippen molar-refractivity contribution in [1.82, 2.24) is 0 Å². The third kappa shape index (κ3) is 7.51. The molecule has 0 radical (unpaired) electrons. The summed E-state index contributed by atoms with van der Waals surface area (Å²) < 4.78 is 0. The Hall–Kier alpha value is -6.38. The highest BCUT2D eigenvalue weighted by Gasteiger charge is 2.15. The summed E-state index contributed by atoms with van der Waals surface area (Å²) in [7, 11) is 0. The molecule has 0 saturated heterocycles. The zero-order valence-corrected chi connectivity index (χ0v) is 28.5. The summed E-state index contributed by atoms with van der Waals surface area (Å²) >= 11 is 0. The zero-order chi connectivity index (χ0) is 34.1. The van der Waals surface area contributed by atoms with Crippen LogP contribution in [-0.4, -0.2) is 0 Å². The lowest BCUT2D eigenvalue weighted by Gasteiger charge is -2.27. The van der Waals surface area contributed by atoms with Crippen molar-refractivity contribution in [3.8, 4) is 0 Å². The normalized spacial score (nSPS) is 11.2. The van der Waals surface area contributed by atoms with Gasteiger partial charge in [0, 0.05) is 34.1 Å². The highest BCUT2D eigenvalue weighted by atomic mass is 15.1. The summed E-state index contributed by atoms with van der Waals surface area (Å²) in [5.41, 5.74) is 14.0. The van der Waals surface area contributed by atoms with Gasteiger partial charge in [-0.2, -0.15) is 0 Å². The van der Waals surface area contributed by atoms with Crippen molar-refractivity contribution in [2.45, 2.75) is 13.8 Å². The molecule has 0 aliphatic carbocycles. The molecule has 0 aliphatic rings. The molecule has 0 heterocycles. The van der Waals surface area contributed by atoms with Gasteiger partial charge in [-0.1, -0.05) is 133 Å². The third-order valence-electron chi connectivity index (χ3n) is 8.85. The summed E-state index contributed by atoms with van der Waals surface area (Å²) in [6.07, 6.45) is 8.74. The molecule has 7 aromatic rings. The van der Waals surface area contributed by atoms with E-state index in [9.17, 15) is 0 Å². The molecule has 50 heavy (non-hydrogen) atoms. The quantitative estimate of drug-likeness (QED) is 0.137. The fourth-order valence-corrected chi connectivity index (χ4v) is 6.33. The first-order chi connectivity index (χ1) is 24.6. The lowest BCUT2D eigenvalue weighted by Crippen LogP contribution is -2.11. The topological polar surface area (TPSA) is 6.48 Å². The second-order valence-corrected chi connectivity index (χ2v) is 12.4. The highest BCUT2D eigenvalue weighted by Crippen LogP contribution is 2.38. The van der Waals surface area contributed by atoms with Gasteiger partial charge in [0.25, 0.3) is 0 Å². The first-order valence-corrected chi connectivity index (χ1v) is 17.1. The summed E-state index contributed by atoms with van der Waals surface area (Å²) in [5.74, 6) is 0. The van der Waals surface area contributed by atoms with E-state index in [1.807, 2.05) is 0 Å². The van der Waals surface area contributed by atoms with E-state index in [4.69, 9.17) is 0 Å². The molecule has 0 saturated carbocycles. The minimum Gasteiger partial charge on any atom is -0.310 e. The number of aryl methyl sites for hydroxylation is 2. The van der Waals surface area contributed by atoms with E-state index in [2.05, 4.69) is 230 Å². The fraction of sp³-hybridized carbons (Fsp3) is 0.0417. The number of rotatable bonds is 10. The van der Waals surface area contributed by atoms with Crippen molar-refractivity contribution < 1.29 is 0 Å². The second-order valence-electron chi connectivity index (χ2n) is 12.4.